The Bertz CT molecular complexity index is 1510. The molecule has 0 aromatic carbocycles. The molecule has 4 rings (SSSR count). The lowest BCUT2D eigenvalue weighted by Gasteiger charge is -2.44. The van der Waals surface area contributed by atoms with Crippen LogP contribution in [0.1, 0.15) is 126 Å². The zero-order valence-corrected chi connectivity index (χ0v) is 36.0. The van der Waals surface area contributed by atoms with E-state index < -0.39 is 90.2 Å². The molecule has 4 aliphatic rings. The lowest BCUT2D eigenvalue weighted by molar-refractivity contribution is -0.267. The number of amides is 1. The van der Waals surface area contributed by atoms with E-state index in [9.17, 15) is 50.1 Å². The molecule has 16 atom stereocenters. The van der Waals surface area contributed by atoms with Crippen LogP contribution in [0.15, 0.2) is 34.9 Å². The largest absolute Gasteiger partial charge is 0.456 e. The summed E-state index contributed by atoms with van der Waals surface area (Å²) in [5, 5.41) is 77.7. The van der Waals surface area contributed by atoms with Crippen molar-refractivity contribution in [2.24, 2.45) is 35.5 Å². The second kappa shape index (κ2) is 20.9. The normalized spacial score (nSPS) is 43.3. The molecule has 0 aliphatic carbocycles. The zero-order chi connectivity index (χ0) is 43.2. The van der Waals surface area contributed by atoms with Crippen molar-refractivity contribution in [3.63, 3.8) is 0 Å². The number of Topliss-reactive ketones (excluding diaryl/α,β-unsaturated/α-hetero) is 1. The molecule has 13 heteroatoms. The zero-order valence-electron chi connectivity index (χ0n) is 36.0. The summed E-state index contributed by atoms with van der Waals surface area (Å²) < 4.78 is 12.2. The predicted molar refractivity (Wildman–Crippen MR) is 218 cm³/mol. The van der Waals surface area contributed by atoms with Crippen LogP contribution in [0.2, 0.25) is 0 Å². The van der Waals surface area contributed by atoms with Crippen LogP contribution >= 0.6 is 0 Å². The second-order valence-electron chi connectivity index (χ2n) is 18.4. The minimum Gasteiger partial charge on any atom is -0.456 e. The van der Waals surface area contributed by atoms with Gasteiger partial charge in [0.05, 0.1) is 42.7 Å². The average molecular weight is 820 g/mol. The molecule has 5 bridgehead atoms. The summed E-state index contributed by atoms with van der Waals surface area (Å²) >= 11 is 0. The van der Waals surface area contributed by atoms with Crippen molar-refractivity contribution in [3.05, 3.63) is 34.9 Å². The first-order valence-electron chi connectivity index (χ1n) is 21.8. The third-order valence-electron chi connectivity index (χ3n) is 13.6. The monoisotopic (exact) mass is 820 g/mol. The molecule has 58 heavy (non-hydrogen) atoms. The van der Waals surface area contributed by atoms with E-state index >= 15 is 0 Å². The van der Waals surface area contributed by atoms with E-state index in [1.54, 1.807) is 27.7 Å². The molecule has 4 aliphatic heterocycles. The Labute approximate surface area is 345 Å². The summed E-state index contributed by atoms with van der Waals surface area (Å²) in [5.41, 5.74) is 2.28. The Kier molecular flexibility index (Phi) is 17.3. The third-order valence-corrected chi connectivity index (χ3v) is 13.6. The van der Waals surface area contributed by atoms with Gasteiger partial charge in [-0.1, -0.05) is 59.8 Å². The second-order valence-corrected chi connectivity index (χ2v) is 18.4. The van der Waals surface area contributed by atoms with Crippen LogP contribution in [0, 0.1) is 35.5 Å². The van der Waals surface area contributed by atoms with Crippen molar-refractivity contribution in [1.29, 1.82) is 0 Å². The number of ether oxygens (including phenoxy) is 2. The number of nitrogens with zero attached hydrogens (tertiary/aromatic N) is 1. The molecular formula is C45H73NO12. The number of carbonyl (C=O) groups excluding carboxylic acids is 3. The highest BCUT2D eigenvalue weighted by molar-refractivity contribution is 6.39. The van der Waals surface area contributed by atoms with E-state index in [1.807, 2.05) is 45.9 Å². The predicted octanol–water partition coefficient (Wildman–Crippen LogP) is 3.88. The standard InChI is InChI=1S/C45H73NO12/c1-9-32-11-13-40-33(18-25(3)30(8)47)19-31-14-15-46(36(20-31)44(55)57-40)43(54)42(53)45(56)28(6)10-12-35(58-45)23-39(51)29(7)38(50)22-34(48)21-37(49)26(4)16-24(2)17-27(5)41(32)52/h11,16,18,24-25,27-31,34-41,47-52,56H,9-10,12-15,17,19-23H2,1-8H3/b26-16-,32-11+,33-18-. The fourth-order valence-electron chi connectivity index (χ4n) is 9.30. The lowest BCUT2D eigenvalue weighted by atomic mass is 9.80. The minimum atomic E-state index is -2.52. The molecule has 1 amide bonds. The van der Waals surface area contributed by atoms with Gasteiger partial charge >= 0.3 is 5.97 Å². The number of allylic oxidation sites excluding steroid dienone is 1. The first-order valence-corrected chi connectivity index (χ1v) is 21.8. The topological polar surface area (TPSA) is 215 Å². The Morgan fingerprint density at radius 3 is 2.26 bits per heavy atom. The van der Waals surface area contributed by atoms with Crippen LogP contribution < -0.4 is 0 Å². The quantitative estimate of drug-likeness (QED) is 0.123. The van der Waals surface area contributed by atoms with E-state index in [0.29, 0.717) is 44.1 Å². The first kappa shape index (κ1) is 48.2. The Morgan fingerprint density at radius 2 is 1.60 bits per heavy atom. The van der Waals surface area contributed by atoms with Gasteiger partial charge in [-0.05, 0) is 106 Å². The van der Waals surface area contributed by atoms with Gasteiger partial charge in [0.25, 0.3) is 11.7 Å². The average Bonchev–Trinajstić information content (AvgIpc) is 3.16. The van der Waals surface area contributed by atoms with Crippen LogP contribution in [0.4, 0.5) is 0 Å². The van der Waals surface area contributed by atoms with E-state index in [0.717, 1.165) is 11.1 Å². The van der Waals surface area contributed by atoms with Crippen molar-refractivity contribution in [2.45, 2.75) is 187 Å². The van der Waals surface area contributed by atoms with Gasteiger partial charge in [-0.3, -0.25) is 9.59 Å². The van der Waals surface area contributed by atoms with Crippen molar-refractivity contribution >= 4 is 17.7 Å². The number of carbonyl (C=O) groups is 3. The molecule has 7 N–H and O–H groups in total. The van der Waals surface area contributed by atoms with E-state index in [4.69, 9.17) is 9.47 Å². The number of piperidine rings is 1. The molecule has 0 saturated carbocycles. The van der Waals surface area contributed by atoms with E-state index in [1.165, 1.54) is 4.90 Å². The molecule has 3 fully saturated rings. The van der Waals surface area contributed by atoms with Crippen molar-refractivity contribution in [1.82, 2.24) is 4.90 Å². The fourth-order valence-corrected chi connectivity index (χ4v) is 9.30. The molecule has 16 unspecified atom stereocenters. The summed E-state index contributed by atoms with van der Waals surface area (Å²) in [5.74, 6) is -7.42. The number of ketones is 1. The molecule has 330 valence electrons. The van der Waals surface area contributed by atoms with Crippen molar-refractivity contribution in [2.75, 3.05) is 6.54 Å². The molecule has 4 heterocycles. The lowest BCUT2D eigenvalue weighted by Crippen LogP contribution is -2.61. The maximum absolute atomic E-state index is 14.1. The number of hydrogen-bond donors (Lipinski definition) is 7. The number of aliphatic hydroxyl groups is 7. The maximum atomic E-state index is 14.1. The van der Waals surface area contributed by atoms with Gasteiger partial charge in [0, 0.05) is 37.1 Å². The summed E-state index contributed by atoms with van der Waals surface area (Å²) in [6.45, 7) is 14.6. The van der Waals surface area contributed by atoms with Crippen molar-refractivity contribution in [3.8, 4) is 0 Å². The van der Waals surface area contributed by atoms with Crippen LogP contribution in [0.5, 0.6) is 0 Å². The molecule has 0 spiro atoms. The number of rotatable bonds is 3. The molecule has 0 radical (unpaired) electrons. The Morgan fingerprint density at radius 1 is 0.931 bits per heavy atom. The van der Waals surface area contributed by atoms with Crippen molar-refractivity contribution < 1.29 is 59.6 Å². The summed E-state index contributed by atoms with van der Waals surface area (Å²) in [6, 6.07) is -1.08. The molecular weight excluding hydrogens is 746 g/mol. The maximum Gasteiger partial charge on any atom is 0.329 e. The highest BCUT2D eigenvalue weighted by Crippen LogP contribution is 2.39. The number of aliphatic hydroxyl groups excluding tert-OH is 6. The van der Waals surface area contributed by atoms with Gasteiger partial charge < -0.3 is 50.1 Å². The van der Waals surface area contributed by atoms with Crippen LogP contribution in [-0.2, 0) is 23.9 Å². The Balaban J connectivity index is 1.71. The fraction of sp³-hybridized carbons (Fsp3) is 0.800. The molecule has 0 aromatic rings. The minimum absolute atomic E-state index is 0.0272. The number of hydrogen-bond acceptors (Lipinski definition) is 12. The van der Waals surface area contributed by atoms with Gasteiger partial charge in [-0.2, -0.15) is 0 Å². The number of fused-ring (bicyclic) bond motifs is 5. The van der Waals surface area contributed by atoms with Crippen LogP contribution in [0.3, 0.4) is 0 Å². The highest BCUT2D eigenvalue weighted by Gasteiger charge is 2.54. The summed E-state index contributed by atoms with van der Waals surface area (Å²) in [7, 11) is 0. The number of esters is 1. The summed E-state index contributed by atoms with van der Waals surface area (Å²) in [6.07, 6.45) is 1.57. The highest BCUT2D eigenvalue weighted by atomic mass is 16.6. The van der Waals surface area contributed by atoms with Gasteiger partial charge in [0.15, 0.2) is 0 Å². The molecule has 13 nitrogen and oxygen atoms in total. The van der Waals surface area contributed by atoms with Crippen LogP contribution in [0.25, 0.3) is 0 Å². The van der Waals surface area contributed by atoms with Gasteiger partial charge in [0.1, 0.15) is 12.1 Å². The third kappa shape index (κ3) is 11.9. The summed E-state index contributed by atoms with van der Waals surface area (Å²) in [4.78, 5) is 43.4. The van der Waals surface area contributed by atoms with Gasteiger partial charge in [0.2, 0.25) is 5.79 Å². The SMILES string of the molecule is CC/C1=C\CC2OC(=O)C3CC(CCN3C(=O)C(=O)C3(O)OC(CCC3C)CC(O)C(C)C(O)CC(O)CC(O)/C(C)=C\C(C)CC(C)C1O)C/C2=C/C(C)C(C)O. The van der Waals surface area contributed by atoms with Gasteiger partial charge in [-0.25, -0.2) is 4.79 Å². The van der Waals surface area contributed by atoms with Gasteiger partial charge in [-0.15, -0.1) is 0 Å². The smallest absolute Gasteiger partial charge is 0.329 e. The van der Waals surface area contributed by atoms with E-state index in [2.05, 4.69) is 0 Å². The first-order chi connectivity index (χ1) is 27.2. The van der Waals surface area contributed by atoms with E-state index in [-0.39, 0.29) is 62.3 Å². The van der Waals surface area contributed by atoms with Crippen LogP contribution in [-0.4, -0.2) is 126 Å². The molecule has 0 aromatic heterocycles. The molecule has 3 saturated heterocycles. The Hall–Kier alpha value is -2.49.